The quantitative estimate of drug-likeness (QED) is 0.887. The Bertz CT molecular complexity index is 576. The fraction of sp³-hybridized carbons (Fsp3) is 0.500. The van der Waals surface area contributed by atoms with E-state index in [-0.39, 0.29) is 5.92 Å². The minimum Gasteiger partial charge on any atom is -0.385 e. The van der Waals surface area contributed by atoms with Crippen molar-refractivity contribution >= 4 is 0 Å². The Kier molecular flexibility index (Phi) is 4.90. The summed E-state index contributed by atoms with van der Waals surface area (Å²) < 4.78 is 5.41. The Labute approximate surface area is 131 Å². The number of hydrogen-bond acceptors (Lipinski definition) is 4. The van der Waals surface area contributed by atoms with E-state index in [4.69, 9.17) is 4.52 Å². The fourth-order valence-electron chi connectivity index (χ4n) is 3.16. The molecule has 0 aliphatic carbocycles. The van der Waals surface area contributed by atoms with Crippen molar-refractivity contribution in [2.24, 2.45) is 5.92 Å². The van der Waals surface area contributed by atoms with E-state index in [2.05, 4.69) is 17.0 Å². The Balaban J connectivity index is 1.70. The maximum Gasteiger partial charge on any atom is 0.166 e. The van der Waals surface area contributed by atoms with Crippen molar-refractivity contribution in [1.29, 1.82) is 0 Å². The summed E-state index contributed by atoms with van der Waals surface area (Å²) in [4.78, 5) is 2.44. The van der Waals surface area contributed by atoms with E-state index >= 15 is 0 Å². The van der Waals surface area contributed by atoms with Gasteiger partial charge >= 0.3 is 0 Å². The zero-order chi connectivity index (χ0) is 15.4. The number of rotatable bonds is 6. The molecule has 0 unspecified atom stereocenters. The van der Waals surface area contributed by atoms with Crippen LogP contribution in [0.5, 0.6) is 0 Å². The average Bonchev–Trinajstić information content (AvgIpc) is 3.24. The molecule has 3 rings (SSSR count). The van der Waals surface area contributed by atoms with Gasteiger partial charge in [-0.15, -0.1) is 0 Å². The summed E-state index contributed by atoms with van der Waals surface area (Å²) in [6.07, 6.45) is 2.88. The summed E-state index contributed by atoms with van der Waals surface area (Å²) in [5, 5.41) is 14.7. The van der Waals surface area contributed by atoms with Crippen molar-refractivity contribution in [3.05, 3.63) is 42.2 Å². The van der Waals surface area contributed by atoms with Crippen molar-refractivity contribution in [3.8, 4) is 11.3 Å². The minimum absolute atomic E-state index is 0.190. The second kappa shape index (κ2) is 7.07. The van der Waals surface area contributed by atoms with Crippen LogP contribution < -0.4 is 0 Å². The summed E-state index contributed by atoms with van der Waals surface area (Å²) in [5.41, 5.74) is 1.79. The topological polar surface area (TPSA) is 49.5 Å². The lowest BCUT2D eigenvalue weighted by atomic mass is 9.96. The molecule has 1 aromatic carbocycles. The van der Waals surface area contributed by atoms with Gasteiger partial charge in [0.05, 0.1) is 0 Å². The number of benzene rings is 1. The second-order valence-corrected chi connectivity index (χ2v) is 6.10. The number of likely N-dealkylation sites (tertiary alicyclic amines) is 1. The van der Waals surface area contributed by atoms with Crippen LogP contribution in [-0.4, -0.2) is 34.8 Å². The first-order valence-corrected chi connectivity index (χ1v) is 8.20. The van der Waals surface area contributed by atoms with Crippen molar-refractivity contribution in [3.63, 3.8) is 0 Å². The van der Waals surface area contributed by atoms with Crippen LogP contribution in [0.1, 0.15) is 38.1 Å². The van der Waals surface area contributed by atoms with Crippen molar-refractivity contribution in [2.45, 2.75) is 32.3 Å². The fourth-order valence-corrected chi connectivity index (χ4v) is 3.16. The first-order valence-electron chi connectivity index (χ1n) is 8.20. The zero-order valence-electron chi connectivity index (χ0n) is 13.1. The van der Waals surface area contributed by atoms with Gasteiger partial charge in [-0.25, -0.2) is 0 Å². The van der Waals surface area contributed by atoms with Crippen molar-refractivity contribution in [2.75, 3.05) is 19.6 Å². The van der Waals surface area contributed by atoms with Gasteiger partial charge in [0.2, 0.25) is 0 Å². The van der Waals surface area contributed by atoms with Gasteiger partial charge in [-0.2, -0.15) is 0 Å². The van der Waals surface area contributed by atoms with Gasteiger partial charge in [0.1, 0.15) is 11.8 Å². The van der Waals surface area contributed by atoms with Gasteiger partial charge in [-0.3, -0.25) is 0 Å². The zero-order valence-corrected chi connectivity index (χ0v) is 13.1. The molecule has 1 aliphatic heterocycles. The molecule has 2 atom stereocenters. The third kappa shape index (κ3) is 3.39. The predicted molar refractivity (Wildman–Crippen MR) is 86.4 cm³/mol. The third-order valence-electron chi connectivity index (χ3n) is 4.55. The molecule has 0 saturated carbocycles. The number of aliphatic hydroxyl groups is 1. The molecule has 118 valence electrons. The maximum atomic E-state index is 10.6. The Morgan fingerprint density at radius 1 is 1.23 bits per heavy atom. The summed E-state index contributed by atoms with van der Waals surface area (Å²) in [6, 6.07) is 11.8. The summed E-state index contributed by atoms with van der Waals surface area (Å²) in [6.45, 7) is 5.35. The highest BCUT2D eigenvalue weighted by Crippen LogP contribution is 2.29. The van der Waals surface area contributed by atoms with E-state index < -0.39 is 6.10 Å². The molecule has 0 radical (unpaired) electrons. The lowest BCUT2D eigenvalue weighted by Gasteiger charge is -2.25. The highest BCUT2D eigenvalue weighted by atomic mass is 16.5. The molecule has 1 fully saturated rings. The molecule has 4 heteroatoms. The van der Waals surface area contributed by atoms with E-state index in [0.29, 0.717) is 5.76 Å². The molecular weight excluding hydrogens is 276 g/mol. The standard InChI is InChI=1S/C18H24N2O2/c1-2-14(13-20-10-6-7-11-20)18(21)17-12-16(19-22-17)15-8-4-3-5-9-15/h3-5,8-9,12,14,18,21H,2,6-7,10-11,13H2,1H3/t14-,18+/m1/s1. The molecule has 0 spiro atoms. The van der Waals surface area contributed by atoms with Gasteiger partial charge in [-0.05, 0) is 32.4 Å². The number of hydrogen-bond donors (Lipinski definition) is 1. The van der Waals surface area contributed by atoms with Gasteiger partial charge in [-0.1, -0.05) is 42.4 Å². The summed E-state index contributed by atoms with van der Waals surface area (Å²) >= 11 is 0. The predicted octanol–water partition coefficient (Wildman–Crippen LogP) is 3.50. The molecule has 22 heavy (non-hydrogen) atoms. The number of aromatic nitrogens is 1. The monoisotopic (exact) mass is 300 g/mol. The highest BCUT2D eigenvalue weighted by molar-refractivity contribution is 5.58. The van der Waals surface area contributed by atoms with E-state index in [1.165, 1.54) is 12.8 Å². The third-order valence-corrected chi connectivity index (χ3v) is 4.55. The lowest BCUT2D eigenvalue weighted by Crippen LogP contribution is -2.29. The minimum atomic E-state index is -0.587. The van der Waals surface area contributed by atoms with Crippen molar-refractivity contribution < 1.29 is 9.63 Å². The largest absolute Gasteiger partial charge is 0.385 e. The van der Waals surface area contributed by atoms with Crippen LogP contribution in [0.4, 0.5) is 0 Å². The average molecular weight is 300 g/mol. The molecule has 0 bridgehead atoms. The van der Waals surface area contributed by atoms with Gasteiger partial charge in [0, 0.05) is 24.1 Å². The Morgan fingerprint density at radius 3 is 2.64 bits per heavy atom. The van der Waals surface area contributed by atoms with Gasteiger partial charge < -0.3 is 14.5 Å². The normalized spacial score (nSPS) is 18.5. The van der Waals surface area contributed by atoms with Gasteiger partial charge in [0.25, 0.3) is 0 Å². The highest BCUT2D eigenvalue weighted by Gasteiger charge is 2.26. The van der Waals surface area contributed by atoms with Crippen LogP contribution in [0.3, 0.4) is 0 Å². The molecular formula is C18H24N2O2. The maximum absolute atomic E-state index is 10.6. The van der Waals surface area contributed by atoms with Crippen LogP contribution in [0, 0.1) is 5.92 Å². The Hall–Kier alpha value is -1.65. The van der Waals surface area contributed by atoms with E-state index in [1.54, 1.807) is 0 Å². The smallest absolute Gasteiger partial charge is 0.166 e. The number of aliphatic hydroxyl groups excluding tert-OH is 1. The molecule has 2 aromatic rings. The first-order chi connectivity index (χ1) is 10.8. The van der Waals surface area contributed by atoms with Crippen LogP contribution >= 0.6 is 0 Å². The van der Waals surface area contributed by atoms with Crippen LogP contribution in [0.25, 0.3) is 11.3 Å². The molecule has 1 saturated heterocycles. The summed E-state index contributed by atoms with van der Waals surface area (Å²) in [7, 11) is 0. The Morgan fingerprint density at radius 2 is 1.95 bits per heavy atom. The molecule has 1 N–H and O–H groups in total. The molecule has 4 nitrogen and oxygen atoms in total. The van der Waals surface area contributed by atoms with Crippen LogP contribution in [-0.2, 0) is 0 Å². The number of nitrogens with zero attached hydrogens (tertiary/aromatic N) is 2. The van der Waals surface area contributed by atoms with Crippen LogP contribution in [0.15, 0.2) is 40.9 Å². The van der Waals surface area contributed by atoms with E-state index in [1.807, 2.05) is 36.4 Å². The molecule has 1 aliphatic rings. The van der Waals surface area contributed by atoms with Gasteiger partial charge in [0.15, 0.2) is 5.76 Å². The van der Waals surface area contributed by atoms with Crippen LogP contribution in [0.2, 0.25) is 0 Å². The molecule has 1 aromatic heterocycles. The SMILES string of the molecule is CC[C@H](CN1CCCC1)[C@H](O)c1cc(-c2ccccc2)no1. The van der Waals surface area contributed by atoms with Crippen molar-refractivity contribution in [1.82, 2.24) is 10.1 Å². The first kappa shape index (κ1) is 15.3. The lowest BCUT2D eigenvalue weighted by molar-refractivity contribution is 0.0587. The molecule has 0 amide bonds. The second-order valence-electron chi connectivity index (χ2n) is 6.10. The van der Waals surface area contributed by atoms with E-state index in [9.17, 15) is 5.11 Å². The van der Waals surface area contributed by atoms with E-state index in [0.717, 1.165) is 37.3 Å². The summed E-state index contributed by atoms with van der Waals surface area (Å²) in [5.74, 6) is 0.763. The molecule has 2 heterocycles.